The standard InChI is InChI=1S/C15H25N5O/c1-16-13-9-15(18-14(17-13)11-21-2)20-7-5-19(6-8-20)10-12-3-4-12/h9,12H,3-8,10-11H2,1-2H3,(H,16,17,18). The summed E-state index contributed by atoms with van der Waals surface area (Å²) in [5.41, 5.74) is 0. The van der Waals surface area contributed by atoms with Crippen molar-refractivity contribution in [3.8, 4) is 0 Å². The number of piperazine rings is 1. The van der Waals surface area contributed by atoms with Gasteiger partial charge in [-0.2, -0.15) is 0 Å². The van der Waals surface area contributed by atoms with Crippen LogP contribution in [0.2, 0.25) is 0 Å². The summed E-state index contributed by atoms with van der Waals surface area (Å²) in [6.07, 6.45) is 2.86. The Morgan fingerprint density at radius 3 is 2.62 bits per heavy atom. The Hall–Kier alpha value is -1.40. The van der Waals surface area contributed by atoms with Crippen LogP contribution in [0.15, 0.2) is 6.07 Å². The molecular weight excluding hydrogens is 266 g/mol. The Morgan fingerprint density at radius 1 is 1.24 bits per heavy atom. The molecule has 1 aromatic rings. The van der Waals surface area contributed by atoms with Gasteiger partial charge < -0.3 is 15.0 Å². The highest BCUT2D eigenvalue weighted by Crippen LogP contribution is 2.30. The van der Waals surface area contributed by atoms with Crippen LogP contribution in [0, 0.1) is 5.92 Å². The third kappa shape index (κ3) is 3.83. The molecule has 0 bridgehead atoms. The minimum Gasteiger partial charge on any atom is -0.377 e. The maximum Gasteiger partial charge on any atom is 0.158 e. The summed E-state index contributed by atoms with van der Waals surface area (Å²) in [6, 6.07) is 2.02. The fourth-order valence-corrected chi connectivity index (χ4v) is 2.79. The fraction of sp³-hybridized carbons (Fsp3) is 0.733. The summed E-state index contributed by atoms with van der Waals surface area (Å²) in [5.74, 6) is 3.57. The first-order valence-corrected chi connectivity index (χ1v) is 7.80. The van der Waals surface area contributed by atoms with Crippen LogP contribution in [0.5, 0.6) is 0 Å². The normalized spacial score (nSPS) is 19.8. The Kier molecular flexibility index (Phi) is 4.55. The molecule has 116 valence electrons. The summed E-state index contributed by atoms with van der Waals surface area (Å²) in [4.78, 5) is 14.0. The number of hydrogen-bond donors (Lipinski definition) is 1. The molecule has 0 aromatic carbocycles. The minimum atomic E-state index is 0.449. The molecule has 1 N–H and O–H groups in total. The molecule has 2 heterocycles. The van der Waals surface area contributed by atoms with Gasteiger partial charge in [-0.3, -0.25) is 4.90 Å². The molecule has 6 nitrogen and oxygen atoms in total. The number of anilines is 2. The van der Waals surface area contributed by atoms with Gasteiger partial charge in [-0.25, -0.2) is 9.97 Å². The van der Waals surface area contributed by atoms with Crippen LogP contribution in [0.4, 0.5) is 11.6 Å². The van der Waals surface area contributed by atoms with E-state index in [1.165, 1.54) is 19.4 Å². The zero-order chi connectivity index (χ0) is 14.7. The van der Waals surface area contributed by atoms with Gasteiger partial charge in [0, 0.05) is 52.9 Å². The largest absolute Gasteiger partial charge is 0.377 e. The van der Waals surface area contributed by atoms with Gasteiger partial charge in [0.2, 0.25) is 0 Å². The molecule has 1 saturated carbocycles. The molecular formula is C15H25N5O. The van der Waals surface area contributed by atoms with Crippen LogP contribution in [0.1, 0.15) is 18.7 Å². The second kappa shape index (κ2) is 6.58. The molecule has 21 heavy (non-hydrogen) atoms. The zero-order valence-corrected chi connectivity index (χ0v) is 13.0. The Labute approximate surface area is 126 Å². The van der Waals surface area contributed by atoms with Crippen LogP contribution >= 0.6 is 0 Å². The molecule has 3 rings (SSSR count). The van der Waals surface area contributed by atoms with Crippen molar-refractivity contribution in [1.82, 2.24) is 14.9 Å². The van der Waals surface area contributed by atoms with E-state index in [0.717, 1.165) is 49.6 Å². The molecule has 2 fully saturated rings. The quantitative estimate of drug-likeness (QED) is 0.850. The third-order valence-corrected chi connectivity index (χ3v) is 4.20. The second-order valence-corrected chi connectivity index (χ2v) is 5.94. The van der Waals surface area contributed by atoms with Gasteiger partial charge in [0.25, 0.3) is 0 Å². The monoisotopic (exact) mass is 291 g/mol. The van der Waals surface area contributed by atoms with E-state index in [1.807, 2.05) is 13.1 Å². The second-order valence-electron chi connectivity index (χ2n) is 5.94. The highest BCUT2D eigenvalue weighted by Gasteiger charge is 2.26. The fourth-order valence-electron chi connectivity index (χ4n) is 2.79. The first-order chi connectivity index (χ1) is 10.3. The maximum atomic E-state index is 5.16. The summed E-state index contributed by atoms with van der Waals surface area (Å²) in [6.45, 7) is 6.08. The van der Waals surface area contributed by atoms with E-state index >= 15 is 0 Å². The highest BCUT2D eigenvalue weighted by atomic mass is 16.5. The third-order valence-electron chi connectivity index (χ3n) is 4.20. The molecule has 6 heteroatoms. The zero-order valence-electron chi connectivity index (χ0n) is 13.0. The number of nitrogens with one attached hydrogen (secondary N) is 1. The number of rotatable bonds is 6. The van der Waals surface area contributed by atoms with Crippen LogP contribution in [0.3, 0.4) is 0 Å². The first-order valence-electron chi connectivity index (χ1n) is 7.80. The average molecular weight is 291 g/mol. The lowest BCUT2D eigenvalue weighted by molar-refractivity contribution is 0.178. The molecule has 0 atom stereocenters. The number of ether oxygens (including phenoxy) is 1. The number of methoxy groups -OCH3 is 1. The van der Waals surface area contributed by atoms with E-state index < -0.39 is 0 Å². The molecule has 0 spiro atoms. The van der Waals surface area contributed by atoms with E-state index in [2.05, 4.69) is 25.1 Å². The summed E-state index contributed by atoms with van der Waals surface area (Å²) in [7, 11) is 3.56. The lowest BCUT2D eigenvalue weighted by Crippen LogP contribution is -2.47. The first kappa shape index (κ1) is 14.5. The smallest absolute Gasteiger partial charge is 0.158 e. The van der Waals surface area contributed by atoms with Gasteiger partial charge in [-0.05, 0) is 18.8 Å². The Bertz CT molecular complexity index is 469. The van der Waals surface area contributed by atoms with Gasteiger partial charge in [0.1, 0.15) is 18.2 Å². The maximum absolute atomic E-state index is 5.16. The molecule has 0 radical (unpaired) electrons. The molecule has 1 aromatic heterocycles. The van der Waals surface area contributed by atoms with Gasteiger partial charge in [-0.15, -0.1) is 0 Å². The topological polar surface area (TPSA) is 53.5 Å². The Balaban J connectivity index is 1.64. The van der Waals surface area contributed by atoms with Crippen LogP contribution in [-0.2, 0) is 11.3 Å². The predicted octanol–water partition coefficient (Wildman–Crippen LogP) is 1.20. The molecule has 2 aliphatic rings. The van der Waals surface area contributed by atoms with Crippen molar-refractivity contribution in [2.75, 3.05) is 57.1 Å². The predicted molar refractivity (Wildman–Crippen MR) is 83.7 cm³/mol. The van der Waals surface area contributed by atoms with Crippen LogP contribution in [0.25, 0.3) is 0 Å². The number of aromatic nitrogens is 2. The van der Waals surface area contributed by atoms with E-state index in [9.17, 15) is 0 Å². The highest BCUT2D eigenvalue weighted by molar-refractivity contribution is 5.49. The van der Waals surface area contributed by atoms with Gasteiger partial charge in [-0.1, -0.05) is 0 Å². The van der Waals surface area contributed by atoms with E-state index in [1.54, 1.807) is 7.11 Å². The molecule has 0 amide bonds. The van der Waals surface area contributed by atoms with E-state index in [4.69, 9.17) is 4.74 Å². The number of hydrogen-bond acceptors (Lipinski definition) is 6. The van der Waals surface area contributed by atoms with Gasteiger partial charge in [0.05, 0.1) is 0 Å². The van der Waals surface area contributed by atoms with Crippen molar-refractivity contribution in [3.63, 3.8) is 0 Å². The van der Waals surface area contributed by atoms with Crippen molar-refractivity contribution >= 4 is 11.6 Å². The Morgan fingerprint density at radius 2 is 2.00 bits per heavy atom. The van der Waals surface area contributed by atoms with Crippen molar-refractivity contribution in [1.29, 1.82) is 0 Å². The molecule has 0 unspecified atom stereocenters. The summed E-state index contributed by atoms with van der Waals surface area (Å²) < 4.78 is 5.16. The van der Waals surface area contributed by atoms with Crippen molar-refractivity contribution < 1.29 is 4.74 Å². The summed E-state index contributed by atoms with van der Waals surface area (Å²) in [5, 5.41) is 3.10. The molecule has 1 aliphatic heterocycles. The van der Waals surface area contributed by atoms with E-state index in [-0.39, 0.29) is 0 Å². The summed E-state index contributed by atoms with van der Waals surface area (Å²) >= 11 is 0. The lowest BCUT2D eigenvalue weighted by Gasteiger charge is -2.35. The lowest BCUT2D eigenvalue weighted by atomic mass is 10.2. The van der Waals surface area contributed by atoms with E-state index in [0.29, 0.717) is 6.61 Å². The number of nitrogens with zero attached hydrogens (tertiary/aromatic N) is 4. The van der Waals surface area contributed by atoms with Gasteiger partial charge >= 0.3 is 0 Å². The van der Waals surface area contributed by atoms with Crippen LogP contribution in [-0.4, -0.2) is 61.7 Å². The SMILES string of the molecule is CNc1cc(N2CCN(CC3CC3)CC2)nc(COC)n1. The molecule has 1 aliphatic carbocycles. The minimum absolute atomic E-state index is 0.449. The van der Waals surface area contributed by atoms with Crippen molar-refractivity contribution in [2.45, 2.75) is 19.4 Å². The average Bonchev–Trinajstić information content (AvgIpc) is 3.32. The van der Waals surface area contributed by atoms with Gasteiger partial charge in [0.15, 0.2) is 5.82 Å². The van der Waals surface area contributed by atoms with Crippen molar-refractivity contribution in [3.05, 3.63) is 11.9 Å². The molecule has 1 saturated heterocycles. The van der Waals surface area contributed by atoms with Crippen LogP contribution < -0.4 is 10.2 Å². The van der Waals surface area contributed by atoms with Crippen molar-refractivity contribution in [2.24, 2.45) is 5.92 Å².